The van der Waals surface area contributed by atoms with Gasteiger partial charge in [-0.05, 0) is 6.92 Å². The number of nitrogens with one attached hydrogen (secondary N) is 1. The number of hydrogen-bond donors (Lipinski definition) is 2. The number of aliphatic carboxylic acids is 1. The largest absolute Gasteiger partial charge is 0.480 e. The predicted molar refractivity (Wildman–Crippen MR) is 69.8 cm³/mol. The van der Waals surface area contributed by atoms with Crippen LogP contribution in [0.2, 0.25) is 0 Å². The lowest BCUT2D eigenvalue weighted by atomic mass is 9.98. The first-order chi connectivity index (χ1) is 8.20. The highest BCUT2D eigenvalue weighted by atomic mass is 32.1. The van der Waals surface area contributed by atoms with E-state index in [2.05, 4.69) is 31.1 Å². The van der Waals surface area contributed by atoms with Crippen LogP contribution >= 0.6 is 11.3 Å². The van der Waals surface area contributed by atoms with Crippen molar-refractivity contribution in [3.8, 4) is 0 Å². The second kappa shape index (κ2) is 5.48. The van der Waals surface area contributed by atoms with Crippen LogP contribution < -0.4 is 5.32 Å². The average Bonchev–Trinajstić information content (AvgIpc) is 2.64. The Balaban J connectivity index is 2.60. The van der Waals surface area contributed by atoms with Gasteiger partial charge in [0.2, 0.25) is 5.91 Å². The summed E-state index contributed by atoms with van der Waals surface area (Å²) in [5.41, 5.74) is 0.647. The zero-order chi connectivity index (χ0) is 13.9. The third kappa shape index (κ3) is 4.10. The lowest BCUT2D eigenvalue weighted by Crippen LogP contribution is -2.39. The Morgan fingerprint density at radius 1 is 1.50 bits per heavy atom. The summed E-state index contributed by atoms with van der Waals surface area (Å²) in [5.74, 6) is -1.37. The van der Waals surface area contributed by atoms with Gasteiger partial charge in [-0.3, -0.25) is 9.59 Å². The highest BCUT2D eigenvalue weighted by molar-refractivity contribution is 7.09. The van der Waals surface area contributed by atoms with Crippen molar-refractivity contribution in [2.24, 2.45) is 0 Å². The third-order valence-electron chi connectivity index (χ3n) is 2.28. The Hall–Kier alpha value is -1.43. The monoisotopic (exact) mass is 270 g/mol. The van der Waals surface area contributed by atoms with Gasteiger partial charge >= 0.3 is 5.97 Å². The first kappa shape index (κ1) is 14.6. The van der Waals surface area contributed by atoms with Crippen molar-refractivity contribution >= 4 is 23.2 Å². The normalized spacial score (nSPS) is 13.1. The van der Waals surface area contributed by atoms with Gasteiger partial charge < -0.3 is 10.4 Å². The molecular weight excluding hydrogens is 252 g/mol. The quantitative estimate of drug-likeness (QED) is 0.870. The van der Waals surface area contributed by atoms with Gasteiger partial charge in [0.05, 0.1) is 17.1 Å². The number of amides is 1. The molecule has 1 aromatic heterocycles. The lowest BCUT2D eigenvalue weighted by molar-refractivity contribution is -0.141. The van der Waals surface area contributed by atoms with Gasteiger partial charge in [-0.15, -0.1) is 11.3 Å². The molecule has 0 aromatic carbocycles. The van der Waals surface area contributed by atoms with Gasteiger partial charge in [0.25, 0.3) is 0 Å². The third-order valence-corrected chi connectivity index (χ3v) is 3.60. The summed E-state index contributed by atoms with van der Waals surface area (Å²) in [6.07, 6.45) is 0.115. The highest BCUT2D eigenvalue weighted by Crippen LogP contribution is 2.25. The number of carboxylic acid groups (broad SMARTS) is 1. The van der Waals surface area contributed by atoms with Crippen molar-refractivity contribution in [3.63, 3.8) is 0 Å². The SMILES string of the molecule is CC(NC(=O)Cc1csc(C(C)(C)C)n1)C(=O)O. The number of carbonyl (C=O) groups is 2. The maximum absolute atomic E-state index is 11.6. The van der Waals surface area contributed by atoms with Gasteiger partial charge in [0.15, 0.2) is 0 Å². The van der Waals surface area contributed by atoms with E-state index >= 15 is 0 Å². The van der Waals surface area contributed by atoms with Crippen LogP contribution in [0.25, 0.3) is 0 Å². The van der Waals surface area contributed by atoms with Crippen molar-refractivity contribution in [3.05, 3.63) is 16.1 Å². The predicted octanol–water partition coefficient (Wildman–Crippen LogP) is 1.57. The molecule has 0 aliphatic rings. The van der Waals surface area contributed by atoms with E-state index in [1.165, 1.54) is 18.3 Å². The first-order valence-corrected chi connectivity index (χ1v) is 6.55. The Morgan fingerprint density at radius 3 is 2.56 bits per heavy atom. The zero-order valence-electron chi connectivity index (χ0n) is 11.0. The molecule has 1 heterocycles. The summed E-state index contributed by atoms with van der Waals surface area (Å²) in [6, 6.07) is -0.877. The van der Waals surface area contributed by atoms with Crippen molar-refractivity contribution in [2.75, 3.05) is 0 Å². The topological polar surface area (TPSA) is 79.3 Å². The smallest absolute Gasteiger partial charge is 0.325 e. The van der Waals surface area contributed by atoms with Crippen molar-refractivity contribution in [1.82, 2.24) is 10.3 Å². The van der Waals surface area contributed by atoms with Gasteiger partial charge in [-0.25, -0.2) is 4.98 Å². The molecule has 1 unspecified atom stereocenters. The summed E-state index contributed by atoms with van der Waals surface area (Å²) in [4.78, 5) is 26.6. The second-order valence-electron chi connectivity index (χ2n) is 5.20. The number of aromatic nitrogens is 1. The number of carbonyl (C=O) groups excluding carboxylic acids is 1. The van der Waals surface area contributed by atoms with E-state index in [1.807, 2.05) is 5.38 Å². The van der Waals surface area contributed by atoms with Crippen molar-refractivity contribution < 1.29 is 14.7 Å². The summed E-state index contributed by atoms with van der Waals surface area (Å²) < 4.78 is 0. The molecule has 2 N–H and O–H groups in total. The fourth-order valence-corrected chi connectivity index (χ4v) is 2.16. The van der Waals surface area contributed by atoms with E-state index in [9.17, 15) is 9.59 Å². The lowest BCUT2D eigenvalue weighted by Gasteiger charge is -2.13. The molecule has 1 atom stereocenters. The number of hydrogen-bond acceptors (Lipinski definition) is 4. The van der Waals surface area contributed by atoms with Crippen LogP contribution in [-0.2, 0) is 21.4 Å². The van der Waals surface area contributed by atoms with E-state index in [0.717, 1.165) is 5.01 Å². The Labute approximate surface area is 110 Å². The standard InChI is InChI=1S/C12H18N2O3S/c1-7(10(16)17)13-9(15)5-8-6-18-11(14-8)12(2,3)4/h6-7H,5H2,1-4H3,(H,13,15)(H,16,17). The van der Waals surface area contributed by atoms with Crippen LogP contribution in [0.4, 0.5) is 0 Å². The molecule has 0 fully saturated rings. The molecular formula is C12H18N2O3S. The number of carboxylic acids is 1. The minimum atomic E-state index is -1.04. The summed E-state index contributed by atoms with van der Waals surface area (Å²) >= 11 is 1.52. The molecule has 0 aliphatic carbocycles. The maximum atomic E-state index is 11.6. The molecule has 1 aromatic rings. The molecule has 18 heavy (non-hydrogen) atoms. The molecule has 100 valence electrons. The van der Waals surface area contributed by atoms with Crippen molar-refractivity contribution in [1.29, 1.82) is 0 Å². The Morgan fingerprint density at radius 2 is 2.11 bits per heavy atom. The molecule has 1 rings (SSSR count). The molecule has 0 spiro atoms. The Kier molecular flexibility index (Phi) is 4.45. The summed E-state index contributed by atoms with van der Waals surface area (Å²) in [7, 11) is 0. The van der Waals surface area contributed by atoms with E-state index in [4.69, 9.17) is 5.11 Å². The number of nitrogens with zero attached hydrogens (tertiary/aromatic N) is 1. The van der Waals surface area contributed by atoms with Crippen LogP contribution in [-0.4, -0.2) is 28.0 Å². The van der Waals surface area contributed by atoms with Gasteiger partial charge in [0, 0.05) is 10.8 Å². The molecule has 0 bridgehead atoms. The number of rotatable bonds is 4. The highest BCUT2D eigenvalue weighted by Gasteiger charge is 2.19. The molecule has 0 saturated carbocycles. The van der Waals surface area contributed by atoms with E-state index in [0.29, 0.717) is 5.69 Å². The molecule has 6 heteroatoms. The van der Waals surface area contributed by atoms with Crippen LogP contribution in [0.3, 0.4) is 0 Å². The van der Waals surface area contributed by atoms with Crippen LogP contribution in [0.1, 0.15) is 38.4 Å². The van der Waals surface area contributed by atoms with Crippen LogP contribution in [0, 0.1) is 0 Å². The zero-order valence-corrected chi connectivity index (χ0v) is 11.8. The maximum Gasteiger partial charge on any atom is 0.325 e. The molecule has 1 amide bonds. The Bertz CT molecular complexity index is 448. The molecule has 0 saturated heterocycles. The molecule has 0 aliphatic heterocycles. The second-order valence-corrected chi connectivity index (χ2v) is 6.06. The van der Waals surface area contributed by atoms with Gasteiger partial charge in [0.1, 0.15) is 6.04 Å². The van der Waals surface area contributed by atoms with E-state index in [1.54, 1.807) is 0 Å². The number of thiazole rings is 1. The van der Waals surface area contributed by atoms with Gasteiger partial charge in [-0.2, -0.15) is 0 Å². The van der Waals surface area contributed by atoms with Crippen LogP contribution in [0.5, 0.6) is 0 Å². The minimum Gasteiger partial charge on any atom is -0.480 e. The molecule has 5 nitrogen and oxygen atoms in total. The fraction of sp³-hybridized carbons (Fsp3) is 0.583. The van der Waals surface area contributed by atoms with Crippen LogP contribution in [0.15, 0.2) is 5.38 Å². The first-order valence-electron chi connectivity index (χ1n) is 5.67. The van der Waals surface area contributed by atoms with Crippen molar-refractivity contribution in [2.45, 2.75) is 45.6 Å². The summed E-state index contributed by atoms with van der Waals surface area (Å²) in [6.45, 7) is 7.61. The summed E-state index contributed by atoms with van der Waals surface area (Å²) in [5, 5.41) is 13.9. The van der Waals surface area contributed by atoms with E-state index in [-0.39, 0.29) is 17.7 Å². The molecule has 0 radical (unpaired) electrons. The van der Waals surface area contributed by atoms with E-state index < -0.39 is 12.0 Å². The average molecular weight is 270 g/mol. The van der Waals surface area contributed by atoms with Gasteiger partial charge in [-0.1, -0.05) is 20.8 Å². The fourth-order valence-electron chi connectivity index (χ4n) is 1.25. The minimum absolute atomic E-state index is 0.0340.